The fraction of sp³-hybridized carbons (Fsp3) is 0.348. The van der Waals surface area contributed by atoms with Gasteiger partial charge in [0.25, 0.3) is 0 Å². The Morgan fingerprint density at radius 3 is 2.11 bits per heavy atom. The van der Waals surface area contributed by atoms with Crippen LogP contribution in [0.4, 0.5) is 5.69 Å². The molecule has 0 amide bonds. The number of hydrogen-bond acceptors (Lipinski definition) is 2. The molecule has 28 heavy (non-hydrogen) atoms. The number of aromatic nitrogens is 1. The summed E-state index contributed by atoms with van der Waals surface area (Å²) in [5.41, 5.74) is 7.81. The molecule has 2 aromatic carbocycles. The van der Waals surface area contributed by atoms with E-state index in [1.807, 2.05) is 0 Å². The van der Waals surface area contributed by atoms with Crippen molar-refractivity contribution >= 4 is 50.6 Å². The highest BCUT2D eigenvalue weighted by Crippen LogP contribution is 2.42. The van der Waals surface area contributed by atoms with Crippen molar-refractivity contribution in [3.63, 3.8) is 0 Å². The molecular formula is C23H30Br2N2O. The van der Waals surface area contributed by atoms with E-state index in [0.717, 1.165) is 18.4 Å². The summed E-state index contributed by atoms with van der Waals surface area (Å²) in [5.74, 6) is 0. The van der Waals surface area contributed by atoms with Gasteiger partial charge in [0.05, 0.1) is 16.9 Å². The van der Waals surface area contributed by atoms with Gasteiger partial charge >= 0.3 is 0 Å². The van der Waals surface area contributed by atoms with E-state index in [-0.39, 0.29) is 39.4 Å². The molecular weight excluding hydrogens is 480 g/mol. The summed E-state index contributed by atoms with van der Waals surface area (Å²) in [6.07, 6.45) is 2.16. The number of aryl methyl sites for hydroxylation is 1. The third kappa shape index (κ3) is 4.12. The molecule has 0 radical (unpaired) electrons. The molecule has 3 nitrogen and oxygen atoms in total. The monoisotopic (exact) mass is 508 g/mol. The number of rotatable bonds is 3. The Hall–Kier alpha value is -1.43. The summed E-state index contributed by atoms with van der Waals surface area (Å²) < 4.78 is 0. The van der Waals surface area contributed by atoms with Crippen molar-refractivity contribution in [2.75, 3.05) is 4.90 Å². The molecule has 4 rings (SSSR count). The standard InChI is InChI=1S/C23H26N2.2BrH.H2O/c1-15(2)25(16(3)4)23-19-11-7-8-12-21(19)24-22-18-10-6-5-9-17(18)13-14-20(22)23;;;/h5-12,15-16H,13-14H2,1-4H3;2*1H;1H2. The first-order chi connectivity index (χ1) is 12.1. The molecule has 1 heterocycles. The first kappa shape index (κ1) is 24.6. The number of pyridine rings is 1. The minimum atomic E-state index is 0. The number of fused-ring (bicyclic) bond motifs is 4. The van der Waals surface area contributed by atoms with Crippen molar-refractivity contribution in [2.24, 2.45) is 0 Å². The number of hydrogen-bond donors (Lipinski definition) is 0. The van der Waals surface area contributed by atoms with Gasteiger partial charge in [-0.1, -0.05) is 42.5 Å². The number of anilines is 1. The third-order valence-corrected chi connectivity index (χ3v) is 5.25. The summed E-state index contributed by atoms with van der Waals surface area (Å²) >= 11 is 0. The average Bonchev–Trinajstić information content (AvgIpc) is 2.60. The maximum Gasteiger partial charge on any atom is 0.0765 e. The SMILES string of the molecule is Br.Br.CC(C)N(c1c2c(nc3ccccc13)-c1ccccc1CC2)C(C)C.O. The molecule has 0 aliphatic heterocycles. The van der Waals surface area contributed by atoms with Crippen molar-refractivity contribution in [2.45, 2.75) is 52.6 Å². The average molecular weight is 510 g/mol. The molecule has 0 fully saturated rings. The van der Waals surface area contributed by atoms with Crippen LogP contribution in [-0.2, 0) is 12.8 Å². The quantitative estimate of drug-likeness (QED) is 0.437. The number of nitrogens with zero attached hydrogens (tertiary/aromatic N) is 2. The Balaban J connectivity index is 0.00000131. The van der Waals surface area contributed by atoms with Crippen molar-refractivity contribution in [3.05, 3.63) is 59.7 Å². The lowest BCUT2D eigenvalue weighted by atomic mass is 9.86. The molecule has 0 bridgehead atoms. The van der Waals surface area contributed by atoms with E-state index in [0.29, 0.717) is 12.1 Å². The number of halogens is 2. The van der Waals surface area contributed by atoms with Crippen LogP contribution in [0.3, 0.4) is 0 Å². The molecule has 0 saturated carbocycles. The molecule has 2 N–H and O–H groups in total. The minimum Gasteiger partial charge on any atom is -0.412 e. The van der Waals surface area contributed by atoms with Crippen LogP contribution in [0, 0.1) is 0 Å². The normalized spacial score (nSPS) is 11.8. The van der Waals surface area contributed by atoms with Crippen LogP contribution in [0.2, 0.25) is 0 Å². The van der Waals surface area contributed by atoms with E-state index < -0.39 is 0 Å². The summed E-state index contributed by atoms with van der Waals surface area (Å²) in [6.45, 7) is 9.16. The van der Waals surface area contributed by atoms with E-state index in [9.17, 15) is 0 Å². The Kier molecular flexibility index (Phi) is 8.66. The highest BCUT2D eigenvalue weighted by Gasteiger charge is 2.27. The number of benzene rings is 2. The van der Waals surface area contributed by atoms with Crippen molar-refractivity contribution in [1.29, 1.82) is 0 Å². The molecule has 0 unspecified atom stereocenters. The van der Waals surface area contributed by atoms with Crippen LogP contribution in [0.25, 0.3) is 22.2 Å². The van der Waals surface area contributed by atoms with Gasteiger partial charge in [-0.05, 0) is 52.2 Å². The predicted octanol–water partition coefficient (Wildman–Crippen LogP) is 5.95. The zero-order chi connectivity index (χ0) is 17.6. The van der Waals surface area contributed by atoms with Crippen LogP contribution in [-0.4, -0.2) is 22.5 Å². The van der Waals surface area contributed by atoms with E-state index in [1.165, 1.54) is 33.5 Å². The summed E-state index contributed by atoms with van der Waals surface area (Å²) in [5, 5.41) is 1.28. The van der Waals surface area contributed by atoms with Gasteiger partial charge in [-0.15, -0.1) is 34.0 Å². The molecule has 5 heteroatoms. The first-order valence-corrected chi connectivity index (χ1v) is 9.36. The van der Waals surface area contributed by atoms with Crippen molar-refractivity contribution in [1.82, 2.24) is 4.98 Å². The molecule has 0 spiro atoms. The third-order valence-electron chi connectivity index (χ3n) is 5.25. The van der Waals surface area contributed by atoms with Crippen molar-refractivity contribution in [3.8, 4) is 11.3 Å². The first-order valence-electron chi connectivity index (χ1n) is 9.36. The summed E-state index contributed by atoms with van der Waals surface area (Å²) in [6, 6.07) is 18.3. The van der Waals surface area contributed by atoms with Gasteiger partial charge in [0, 0.05) is 28.6 Å². The zero-order valence-corrected chi connectivity index (χ0v) is 20.3. The Morgan fingerprint density at radius 2 is 1.43 bits per heavy atom. The van der Waals surface area contributed by atoms with Crippen LogP contribution >= 0.6 is 34.0 Å². The topological polar surface area (TPSA) is 47.6 Å². The Bertz CT molecular complexity index is 933. The van der Waals surface area contributed by atoms with Gasteiger partial charge in [-0.2, -0.15) is 0 Å². The van der Waals surface area contributed by atoms with Crippen LogP contribution in [0.5, 0.6) is 0 Å². The largest absolute Gasteiger partial charge is 0.412 e. The van der Waals surface area contributed by atoms with Crippen LogP contribution < -0.4 is 4.90 Å². The molecule has 1 aromatic heterocycles. The molecule has 0 saturated heterocycles. The van der Waals surface area contributed by atoms with Gasteiger partial charge in [-0.3, -0.25) is 0 Å². The van der Waals surface area contributed by atoms with Gasteiger partial charge in [0.2, 0.25) is 0 Å². The van der Waals surface area contributed by atoms with Gasteiger partial charge in [0.15, 0.2) is 0 Å². The zero-order valence-electron chi connectivity index (χ0n) is 16.9. The number of para-hydroxylation sites is 1. The van der Waals surface area contributed by atoms with Gasteiger partial charge in [-0.25, -0.2) is 4.98 Å². The molecule has 3 aromatic rings. The summed E-state index contributed by atoms with van der Waals surface area (Å²) in [4.78, 5) is 7.66. The van der Waals surface area contributed by atoms with Crippen LogP contribution in [0.15, 0.2) is 48.5 Å². The second-order valence-electron chi connectivity index (χ2n) is 7.56. The summed E-state index contributed by atoms with van der Waals surface area (Å²) in [7, 11) is 0. The molecule has 1 aliphatic rings. The maximum atomic E-state index is 5.09. The Morgan fingerprint density at radius 1 is 0.821 bits per heavy atom. The van der Waals surface area contributed by atoms with E-state index in [4.69, 9.17) is 4.98 Å². The highest BCUT2D eigenvalue weighted by molar-refractivity contribution is 8.93. The van der Waals surface area contributed by atoms with E-state index >= 15 is 0 Å². The fourth-order valence-corrected chi connectivity index (χ4v) is 4.33. The van der Waals surface area contributed by atoms with Gasteiger partial charge < -0.3 is 10.4 Å². The second kappa shape index (κ2) is 9.86. The smallest absolute Gasteiger partial charge is 0.0765 e. The lowest BCUT2D eigenvalue weighted by Crippen LogP contribution is -2.38. The highest BCUT2D eigenvalue weighted by atomic mass is 79.9. The van der Waals surface area contributed by atoms with Gasteiger partial charge in [0.1, 0.15) is 0 Å². The minimum absolute atomic E-state index is 0. The predicted molar refractivity (Wildman–Crippen MR) is 132 cm³/mol. The maximum absolute atomic E-state index is 5.09. The fourth-order valence-electron chi connectivity index (χ4n) is 4.33. The van der Waals surface area contributed by atoms with E-state index in [2.05, 4.69) is 81.1 Å². The second-order valence-corrected chi connectivity index (χ2v) is 7.56. The van der Waals surface area contributed by atoms with Crippen LogP contribution in [0.1, 0.15) is 38.8 Å². The van der Waals surface area contributed by atoms with Crippen molar-refractivity contribution < 1.29 is 5.48 Å². The Labute approximate surface area is 189 Å². The molecule has 0 atom stereocenters. The molecule has 152 valence electrons. The molecule has 1 aliphatic carbocycles. The lowest BCUT2D eigenvalue weighted by molar-refractivity contribution is 0.606. The lowest BCUT2D eigenvalue weighted by Gasteiger charge is -2.37. The van der Waals surface area contributed by atoms with E-state index in [1.54, 1.807) is 0 Å².